The fraction of sp³-hybridized carbons (Fsp3) is 0.714. The van der Waals surface area contributed by atoms with Gasteiger partial charge >= 0.3 is 5.97 Å². The Balaban J connectivity index is 4.57. The van der Waals surface area contributed by atoms with Gasteiger partial charge in [0.05, 0.1) is 6.04 Å². The molecule has 0 radical (unpaired) electrons. The Morgan fingerprint density at radius 2 is 1.92 bits per heavy atom. The fourth-order valence-electron chi connectivity index (χ4n) is 0.658. The third-order valence-corrected chi connectivity index (χ3v) is 1.72. The van der Waals surface area contributed by atoms with Crippen LogP contribution in [0.1, 0.15) is 13.8 Å². The van der Waals surface area contributed by atoms with E-state index >= 15 is 0 Å². The molecule has 2 atom stereocenters. The van der Waals surface area contributed by atoms with Gasteiger partial charge in [0.25, 0.3) is 0 Å². The van der Waals surface area contributed by atoms with E-state index in [0.29, 0.717) is 0 Å². The largest absolute Gasteiger partial charge is 0.479 e. The monoisotopic (exact) mass is 175 g/mol. The lowest BCUT2D eigenvalue weighted by atomic mass is 9.96. The summed E-state index contributed by atoms with van der Waals surface area (Å²) < 4.78 is 0. The Morgan fingerprint density at radius 1 is 1.50 bits per heavy atom. The molecule has 12 heavy (non-hydrogen) atoms. The minimum absolute atomic E-state index is 0.670. The first-order valence-corrected chi connectivity index (χ1v) is 3.51. The molecule has 0 aliphatic heterocycles. The maximum Gasteiger partial charge on any atom is 0.343 e. The average molecular weight is 175 g/mol. The molecule has 0 aromatic carbocycles. The SMILES string of the molecule is CN[C@@H](C)C(=O)C(C)(O)C(=O)O. The molecule has 5 nitrogen and oxygen atoms in total. The van der Waals surface area contributed by atoms with Crippen molar-refractivity contribution in [1.82, 2.24) is 5.32 Å². The number of aliphatic hydroxyl groups is 1. The summed E-state index contributed by atoms with van der Waals surface area (Å²) in [6.07, 6.45) is 0. The van der Waals surface area contributed by atoms with Crippen LogP contribution in [0.5, 0.6) is 0 Å². The van der Waals surface area contributed by atoms with Gasteiger partial charge in [-0.15, -0.1) is 0 Å². The molecule has 5 heteroatoms. The highest BCUT2D eigenvalue weighted by molar-refractivity contribution is 6.07. The molecular weight excluding hydrogens is 162 g/mol. The second kappa shape index (κ2) is 3.64. The molecule has 0 aromatic rings. The van der Waals surface area contributed by atoms with E-state index in [2.05, 4.69) is 5.32 Å². The van der Waals surface area contributed by atoms with Gasteiger partial charge in [-0.25, -0.2) is 4.79 Å². The fourth-order valence-corrected chi connectivity index (χ4v) is 0.658. The van der Waals surface area contributed by atoms with Crippen LogP contribution >= 0.6 is 0 Å². The number of ketones is 1. The predicted octanol–water partition coefficient (Wildman–Crippen LogP) is -1.00. The van der Waals surface area contributed by atoms with Crippen LogP contribution in [0.4, 0.5) is 0 Å². The zero-order valence-electron chi connectivity index (χ0n) is 7.29. The van der Waals surface area contributed by atoms with Gasteiger partial charge < -0.3 is 15.5 Å². The summed E-state index contributed by atoms with van der Waals surface area (Å²) >= 11 is 0. The molecule has 0 saturated heterocycles. The molecule has 0 fully saturated rings. The normalized spacial score (nSPS) is 18.0. The molecule has 0 heterocycles. The van der Waals surface area contributed by atoms with Crippen molar-refractivity contribution >= 4 is 11.8 Å². The van der Waals surface area contributed by atoms with Crippen molar-refractivity contribution in [1.29, 1.82) is 0 Å². The average Bonchev–Trinajstić information content (AvgIpc) is 2.01. The Kier molecular flexibility index (Phi) is 3.36. The van der Waals surface area contributed by atoms with Crippen molar-refractivity contribution in [3.63, 3.8) is 0 Å². The first-order chi connectivity index (χ1) is 5.34. The first kappa shape index (κ1) is 11.1. The smallest absolute Gasteiger partial charge is 0.343 e. The molecule has 3 N–H and O–H groups in total. The quantitative estimate of drug-likeness (QED) is 0.477. The van der Waals surface area contributed by atoms with Crippen molar-refractivity contribution in [3.05, 3.63) is 0 Å². The summed E-state index contributed by atoms with van der Waals surface area (Å²) in [6, 6.07) is -0.670. The summed E-state index contributed by atoms with van der Waals surface area (Å²) in [5.41, 5.74) is -2.30. The molecule has 0 aliphatic rings. The minimum atomic E-state index is -2.30. The van der Waals surface area contributed by atoms with E-state index in [4.69, 9.17) is 5.11 Å². The summed E-state index contributed by atoms with van der Waals surface area (Å²) in [7, 11) is 1.51. The van der Waals surface area contributed by atoms with Crippen LogP contribution in [-0.4, -0.2) is 40.7 Å². The number of carboxylic acid groups (broad SMARTS) is 1. The standard InChI is InChI=1S/C7H13NO4/c1-4(8-3)5(9)7(2,12)6(10)11/h4,8,12H,1-3H3,(H,10,11)/t4-,7?/m0/s1. The number of nitrogens with one attached hydrogen (secondary N) is 1. The molecule has 0 aliphatic carbocycles. The molecule has 0 amide bonds. The van der Waals surface area contributed by atoms with E-state index in [1.54, 1.807) is 0 Å². The number of rotatable bonds is 4. The lowest BCUT2D eigenvalue weighted by Crippen LogP contribution is -2.51. The van der Waals surface area contributed by atoms with E-state index in [1.807, 2.05) is 0 Å². The molecule has 0 bridgehead atoms. The first-order valence-electron chi connectivity index (χ1n) is 3.51. The Hall–Kier alpha value is -0.940. The molecule has 70 valence electrons. The molecule has 0 aromatic heterocycles. The Morgan fingerprint density at radius 3 is 2.17 bits per heavy atom. The predicted molar refractivity (Wildman–Crippen MR) is 41.8 cm³/mol. The number of hydrogen-bond donors (Lipinski definition) is 3. The van der Waals surface area contributed by atoms with Gasteiger partial charge in [-0.2, -0.15) is 0 Å². The third kappa shape index (κ3) is 2.02. The lowest BCUT2D eigenvalue weighted by molar-refractivity contribution is -0.163. The van der Waals surface area contributed by atoms with Gasteiger partial charge in [-0.3, -0.25) is 4.79 Å². The van der Waals surface area contributed by atoms with Gasteiger partial charge in [0.15, 0.2) is 5.78 Å². The highest BCUT2D eigenvalue weighted by Gasteiger charge is 2.40. The van der Waals surface area contributed by atoms with Gasteiger partial charge in [-0.05, 0) is 20.9 Å². The molecule has 1 unspecified atom stereocenters. The highest BCUT2D eigenvalue weighted by atomic mass is 16.4. The summed E-state index contributed by atoms with van der Waals surface area (Å²) in [6.45, 7) is 2.45. The van der Waals surface area contributed by atoms with Gasteiger partial charge in [0.2, 0.25) is 5.60 Å². The summed E-state index contributed by atoms with van der Waals surface area (Å²) in [5, 5.41) is 20.2. The van der Waals surface area contributed by atoms with Crippen LogP contribution in [0.2, 0.25) is 0 Å². The van der Waals surface area contributed by atoms with E-state index in [1.165, 1.54) is 14.0 Å². The van der Waals surface area contributed by atoms with E-state index in [9.17, 15) is 14.7 Å². The second-order valence-electron chi connectivity index (χ2n) is 2.75. The second-order valence-corrected chi connectivity index (χ2v) is 2.75. The van der Waals surface area contributed by atoms with E-state index < -0.39 is 23.4 Å². The van der Waals surface area contributed by atoms with Gasteiger partial charge in [0.1, 0.15) is 0 Å². The zero-order valence-corrected chi connectivity index (χ0v) is 7.29. The van der Waals surface area contributed by atoms with Crippen LogP contribution in [0.15, 0.2) is 0 Å². The zero-order chi connectivity index (χ0) is 9.94. The van der Waals surface area contributed by atoms with Gasteiger partial charge in [-0.1, -0.05) is 0 Å². The molecule has 0 rings (SSSR count). The number of carbonyl (C=O) groups excluding carboxylic acids is 1. The van der Waals surface area contributed by atoms with Gasteiger partial charge in [0, 0.05) is 0 Å². The van der Waals surface area contributed by atoms with Crippen LogP contribution in [0.3, 0.4) is 0 Å². The number of Topliss-reactive ketones (excluding diaryl/α,β-unsaturated/α-hetero) is 1. The number of carboxylic acids is 1. The van der Waals surface area contributed by atoms with Crippen LogP contribution in [-0.2, 0) is 9.59 Å². The number of hydrogen-bond acceptors (Lipinski definition) is 4. The van der Waals surface area contributed by atoms with Crippen LogP contribution in [0.25, 0.3) is 0 Å². The topological polar surface area (TPSA) is 86.6 Å². The minimum Gasteiger partial charge on any atom is -0.479 e. The Bertz CT molecular complexity index is 200. The summed E-state index contributed by atoms with van der Waals surface area (Å²) in [4.78, 5) is 21.5. The van der Waals surface area contributed by atoms with Crippen molar-refractivity contribution < 1.29 is 19.8 Å². The molecular formula is C7H13NO4. The third-order valence-electron chi connectivity index (χ3n) is 1.72. The van der Waals surface area contributed by atoms with E-state index in [0.717, 1.165) is 6.92 Å². The molecule has 0 spiro atoms. The maximum atomic E-state index is 11.1. The number of likely N-dealkylation sites (N-methyl/N-ethyl adjacent to an activating group) is 1. The van der Waals surface area contributed by atoms with E-state index in [-0.39, 0.29) is 0 Å². The maximum absolute atomic E-state index is 11.1. The van der Waals surface area contributed by atoms with Crippen molar-refractivity contribution in [2.75, 3.05) is 7.05 Å². The Labute approximate surface area is 70.4 Å². The highest BCUT2D eigenvalue weighted by Crippen LogP contribution is 2.07. The molecule has 0 saturated carbocycles. The van der Waals surface area contributed by atoms with Crippen LogP contribution in [0, 0.1) is 0 Å². The lowest BCUT2D eigenvalue weighted by Gasteiger charge is -2.20. The van der Waals surface area contributed by atoms with Crippen molar-refractivity contribution in [3.8, 4) is 0 Å². The number of aliphatic carboxylic acids is 1. The summed E-state index contributed by atoms with van der Waals surface area (Å²) in [5.74, 6) is -2.29. The van der Waals surface area contributed by atoms with Crippen molar-refractivity contribution in [2.24, 2.45) is 0 Å². The van der Waals surface area contributed by atoms with Crippen molar-refractivity contribution in [2.45, 2.75) is 25.5 Å². The number of carbonyl (C=O) groups is 2. The van der Waals surface area contributed by atoms with Crippen LogP contribution < -0.4 is 5.32 Å².